The van der Waals surface area contributed by atoms with E-state index in [0.29, 0.717) is 37.0 Å². The van der Waals surface area contributed by atoms with Crippen molar-refractivity contribution in [3.8, 4) is 23.0 Å². The highest BCUT2D eigenvalue weighted by atomic mass is 16.7. The van der Waals surface area contributed by atoms with Crippen LogP contribution in [0.2, 0.25) is 0 Å². The van der Waals surface area contributed by atoms with Gasteiger partial charge in [0.25, 0.3) is 0 Å². The topological polar surface area (TPSA) is 66.0 Å². The lowest BCUT2D eigenvalue weighted by atomic mass is 10.1. The largest absolute Gasteiger partial charge is 0.490 e. The van der Waals surface area contributed by atoms with Crippen LogP contribution in [0.25, 0.3) is 6.08 Å². The molecule has 28 heavy (non-hydrogen) atoms. The van der Waals surface area contributed by atoms with Crippen molar-refractivity contribution in [2.75, 3.05) is 20.0 Å². The third kappa shape index (κ3) is 5.19. The Morgan fingerprint density at radius 3 is 2.75 bits per heavy atom. The van der Waals surface area contributed by atoms with Crippen molar-refractivity contribution >= 4 is 12.0 Å². The van der Waals surface area contributed by atoms with Gasteiger partial charge in [0.1, 0.15) is 0 Å². The van der Waals surface area contributed by atoms with Crippen LogP contribution in [0.1, 0.15) is 31.4 Å². The molecule has 0 saturated carbocycles. The van der Waals surface area contributed by atoms with Crippen LogP contribution in [0.3, 0.4) is 0 Å². The van der Waals surface area contributed by atoms with Crippen molar-refractivity contribution < 1.29 is 23.7 Å². The van der Waals surface area contributed by atoms with Gasteiger partial charge in [-0.3, -0.25) is 4.79 Å². The van der Waals surface area contributed by atoms with Crippen molar-refractivity contribution in [2.24, 2.45) is 0 Å². The highest BCUT2D eigenvalue weighted by Crippen LogP contribution is 2.32. The van der Waals surface area contributed by atoms with Crippen molar-refractivity contribution in [3.63, 3.8) is 0 Å². The molecule has 1 heterocycles. The number of ether oxygens (including phenoxy) is 4. The average molecular weight is 383 g/mol. The van der Waals surface area contributed by atoms with E-state index in [1.807, 2.05) is 43.3 Å². The van der Waals surface area contributed by atoms with Crippen molar-refractivity contribution in [2.45, 2.75) is 26.8 Å². The third-order valence-electron chi connectivity index (χ3n) is 4.06. The highest BCUT2D eigenvalue weighted by molar-refractivity contribution is 5.91. The average Bonchev–Trinajstić information content (AvgIpc) is 3.18. The standard InChI is InChI=1S/C22H25NO5/c1-3-11-26-18-8-5-16(12-20(18)25-4-2)7-10-22(24)23-14-17-6-9-19-21(13-17)28-15-27-19/h5-10,12-13H,3-4,11,14-15H2,1-2H3,(H,23,24)/b10-7+. The van der Waals surface area contributed by atoms with Gasteiger partial charge in [-0.25, -0.2) is 0 Å². The second-order valence-corrected chi connectivity index (χ2v) is 6.23. The molecule has 0 bridgehead atoms. The zero-order chi connectivity index (χ0) is 19.8. The summed E-state index contributed by atoms with van der Waals surface area (Å²) in [6.45, 7) is 5.81. The Labute approximate surface area is 165 Å². The zero-order valence-corrected chi connectivity index (χ0v) is 16.2. The summed E-state index contributed by atoms with van der Waals surface area (Å²) in [6, 6.07) is 11.3. The molecule has 0 aliphatic carbocycles. The molecule has 6 nitrogen and oxygen atoms in total. The Morgan fingerprint density at radius 2 is 1.93 bits per heavy atom. The van der Waals surface area contributed by atoms with Gasteiger partial charge in [0, 0.05) is 12.6 Å². The van der Waals surface area contributed by atoms with Crippen LogP contribution in [0, 0.1) is 0 Å². The van der Waals surface area contributed by atoms with Crippen LogP contribution in [-0.2, 0) is 11.3 Å². The lowest BCUT2D eigenvalue weighted by Gasteiger charge is -2.12. The minimum absolute atomic E-state index is 0.179. The summed E-state index contributed by atoms with van der Waals surface area (Å²) in [4.78, 5) is 12.1. The van der Waals surface area contributed by atoms with E-state index in [1.165, 1.54) is 6.08 Å². The van der Waals surface area contributed by atoms with Gasteiger partial charge in [-0.1, -0.05) is 19.1 Å². The van der Waals surface area contributed by atoms with Crippen LogP contribution in [0.4, 0.5) is 0 Å². The summed E-state index contributed by atoms with van der Waals surface area (Å²) in [6.07, 6.45) is 4.18. The molecule has 148 valence electrons. The van der Waals surface area contributed by atoms with Crippen LogP contribution < -0.4 is 24.3 Å². The van der Waals surface area contributed by atoms with Gasteiger partial charge < -0.3 is 24.3 Å². The maximum atomic E-state index is 12.1. The number of fused-ring (bicyclic) bond motifs is 1. The monoisotopic (exact) mass is 383 g/mol. The van der Waals surface area contributed by atoms with Crippen LogP contribution in [0.15, 0.2) is 42.5 Å². The second-order valence-electron chi connectivity index (χ2n) is 6.23. The number of carbonyl (C=O) groups is 1. The van der Waals surface area contributed by atoms with E-state index in [4.69, 9.17) is 18.9 Å². The van der Waals surface area contributed by atoms with Gasteiger partial charge in [0.15, 0.2) is 23.0 Å². The Hall–Kier alpha value is -3.15. The zero-order valence-electron chi connectivity index (χ0n) is 16.2. The molecule has 0 radical (unpaired) electrons. The van der Waals surface area contributed by atoms with Crippen LogP contribution in [0.5, 0.6) is 23.0 Å². The maximum absolute atomic E-state index is 12.1. The van der Waals surface area contributed by atoms with E-state index in [-0.39, 0.29) is 12.7 Å². The molecule has 0 fully saturated rings. The minimum Gasteiger partial charge on any atom is -0.490 e. The van der Waals surface area contributed by atoms with Crippen LogP contribution >= 0.6 is 0 Å². The number of rotatable bonds is 9. The molecule has 1 aliphatic rings. The summed E-state index contributed by atoms with van der Waals surface area (Å²) >= 11 is 0. The molecule has 0 atom stereocenters. The predicted molar refractivity (Wildman–Crippen MR) is 107 cm³/mol. The first-order valence-electron chi connectivity index (χ1n) is 9.43. The molecule has 1 amide bonds. The molecular formula is C22H25NO5. The Morgan fingerprint density at radius 1 is 1.07 bits per heavy atom. The van der Waals surface area contributed by atoms with E-state index in [1.54, 1.807) is 6.08 Å². The van der Waals surface area contributed by atoms with E-state index >= 15 is 0 Å². The number of nitrogens with one attached hydrogen (secondary N) is 1. The van der Waals surface area contributed by atoms with E-state index < -0.39 is 0 Å². The van der Waals surface area contributed by atoms with Crippen molar-refractivity contribution in [1.29, 1.82) is 0 Å². The fourth-order valence-electron chi connectivity index (χ4n) is 2.70. The lowest BCUT2D eigenvalue weighted by molar-refractivity contribution is -0.116. The maximum Gasteiger partial charge on any atom is 0.244 e. The number of amides is 1. The Balaban J connectivity index is 1.57. The summed E-state index contributed by atoms with van der Waals surface area (Å²) in [5.74, 6) is 2.65. The fourth-order valence-corrected chi connectivity index (χ4v) is 2.70. The molecule has 0 saturated heterocycles. The SMILES string of the molecule is CCCOc1ccc(/C=C/C(=O)NCc2ccc3c(c2)OCO3)cc1OCC. The van der Waals surface area contributed by atoms with E-state index in [0.717, 1.165) is 23.3 Å². The number of carbonyl (C=O) groups excluding carboxylic acids is 1. The highest BCUT2D eigenvalue weighted by Gasteiger charge is 2.13. The predicted octanol–water partition coefficient (Wildman–Crippen LogP) is 3.93. The summed E-state index contributed by atoms with van der Waals surface area (Å²) in [5.41, 5.74) is 1.81. The molecule has 6 heteroatoms. The van der Waals surface area contributed by atoms with Gasteiger partial charge >= 0.3 is 0 Å². The third-order valence-corrected chi connectivity index (χ3v) is 4.06. The van der Waals surface area contributed by atoms with Gasteiger partial charge in [-0.05, 0) is 54.8 Å². The van der Waals surface area contributed by atoms with Gasteiger partial charge in [-0.2, -0.15) is 0 Å². The minimum atomic E-state index is -0.179. The summed E-state index contributed by atoms with van der Waals surface area (Å²) < 4.78 is 22.0. The van der Waals surface area contributed by atoms with Gasteiger partial charge in [-0.15, -0.1) is 0 Å². The molecule has 2 aromatic rings. The number of hydrogen-bond acceptors (Lipinski definition) is 5. The first-order chi connectivity index (χ1) is 13.7. The normalized spacial score (nSPS) is 12.2. The molecule has 3 rings (SSSR count). The first-order valence-corrected chi connectivity index (χ1v) is 9.43. The van der Waals surface area contributed by atoms with Crippen LogP contribution in [-0.4, -0.2) is 25.9 Å². The first kappa shape index (κ1) is 19.6. The second kappa shape index (κ2) is 9.69. The Kier molecular flexibility index (Phi) is 6.78. The van der Waals surface area contributed by atoms with Crippen molar-refractivity contribution in [3.05, 3.63) is 53.6 Å². The molecular weight excluding hydrogens is 358 g/mol. The van der Waals surface area contributed by atoms with Gasteiger partial charge in [0.05, 0.1) is 13.2 Å². The lowest BCUT2D eigenvalue weighted by Crippen LogP contribution is -2.20. The molecule has 0 spiro atoms. The molecule has 1 N–H and O–H groups in total. The summed E-state index contributed by atoms with van der Waals surface area (Å²) in [7, 11) is 0. The fraction of sp³-hybridized carbons (Fsp3) is 0.318. The number of benzene rings is 2. The van der Waals surface area contributed by atoms with Gasteiger partial charge in [0.2, 0.25) is 12.7 Å². The molecule has 0 aromatic heterocycles. The van der Waals surface area contributed by atoms with E-state index in [2.05, 4.69) is 12.2 Å². The quantitative estimate of drug-likeness (QED) is 0.665. The smallest absolute Gasteiger partial charge is 0.244 e. The van der Waals surface area contributed by atoms with Crippen molar-refractivity contribution in [1.82, 2.24) is 5.32 Å². The molecule has 0 unspecified atom stereocenters. The molecule has 2 aromatic carbocycles. The molecule has 1 aliphatic heterocycles. The summed E-state index contributed by atoms with van der Waals surface area (Å²) in [5, 5.41) is 2.86. The number of hydrogen-bond donors (Lipinski definition) is 1. The van der Waals surface area contributed by atoms with E-state index in [9.17, 15) is 4.79 Å². The Bertz CT molecular complexity index is 847.